The molecule has 0 bridgehead atoms. The summed E-state index contributed by atoms with van der Waals surface area (Å²) in [6, 6.07) is 5.72. The lowest BCUT2D eigenvalue weighted by Gasteiger charge is -2.47. The van der Waals surface area contributed by atoms with Crippen molar-refractivity contribution in [1.29, 1.82) is 0 Å². The van der Waals surface area contributed by atoms with Crippen molar-refractivity contribution in [2.45, 2.75) is 36.5 Å². The van der Waals surface area contributed by atoms with E-state index in [2.05, 4.69) is 15.2 Å². The Bertz CT molecular complexity index is 801. The summed E-state index contributed by atoms with van der Waals surface area (Å²) in [6.07, 6.45) is 6.00. The van der Waals surface area contributed by atoms with Crippen LogP contribution in [0, 0.1) is 0 Å². The van der Waals surface area contributed by atoms with E-state index >= 15 is 0 Å². The lowest BCUT2D eigenvalue weighted by molar-refractivity contribution is 0.0509. The molecule has 2 aromatic rings. The molecule has 5 rings (SSSR count). The number of aromatic nitrogens is 3. The summed E-state index contributed by atoms with van der Waals surface area (Å²) in [5, 5.41) is 7.31. The van der Waals surface area contributed by atoms with Gasteiger partial charge in [-0.25, -0.2) is 4.98 Å². The smallest absolute Gasteiger partial charge is 0.274 e. The third-order valence-electron chi connectivity index (χ3n) is 5.35. The molecule has 2 aromatic heterocycles. The number of carbonyl (C=O) groups excluding carboxylic acids is 1. The zero-order valence-electron chi connectivity index (χ0n) is 13.9. The maximum Gasteiger partial charge on any atom is 0.274 e. The molecule has 25 heavy (non-hydrogen) atoms. The molecular formula is C18H20N4O2S. The Morgan fingerprint density at radius 2 is 2.28 bits per heavy atom. The van der Waals surface area contributed by atoms with Gasteiger partial charge in [0.25, 0.3) is 5.91 Å². The Labute approximate surface area is 150 Å². The van der Waals surface area contributed by atoms with Crippen molar-refractivity contribution < 1.29 is 9.53 Å². The van der Waals surface area contributed by atoms with Gasteiger partial charge in [-0.15, -0.1) is 11.8 Å². The first-order chi connectivity index (χ1) is 12.2. The van der Waals surface area contributed by atoms with Crippen LogP contribution in [0.3, 0.4) is 0 Å². The first kappa shape index (κ1) is 15.3. The van der Waals surface area contributed by atoms with Crippen LogP contribution in [0.2, 0.25) is 0 Å². The van der Waals surface area contributed by atoms with Crippen molar-refractivity contribution in [2.75, 3.05) is 18.8 Å². The number of carbonyl (C=O) groups is 1. The van der Waals surface area contributed by atoms with Gasteiger partial charge in [0, 0.05) is 48.8 Å². The maximum absolute atomic E-state index is 12.8. The van der Waals surface area contributed by atoms with Crippen LogP contribution < -0.4 is 4.74 Å². The lowest BCUT2D eigenvalue weighted by Crippen LogP contribution is -2.61. The van der Waals surface area contributed by atoms with Gasteiger partial charge in [0.05, 0.1) is 4.75 Å². The van der Waals surface area contributed by atoms with Gasteiger partial charge >= 0.3 is 0 Å². The number of rotatable bonds is 3. The van der Waals surface area contributed by atoms with Crippen LogP contribution in [-0.4, -0.2) is 55.7 Å². The molecule has 3 aliphatic rings. The minimum Gasteiger partial charge on any atom is -0.473 e. The fraction of sp³-hybridized carbons (Fsp3) is 0.500. The molecule has 0 aromatic carbocycles. The number of aryl methyl sites for hydroxylation is 1. The van der Waals surface area contributed by atoms with Gasteiger partial charge in [-0.1, -0.05) is 6.07 Å². The summed E-state index contributed by atoms with van der Waals surface area (Å²) in [5.74, 6) is 1.72. The van der Waals surface area contributed by atoms with Crippen LogP contribution in [0.4, 0.5) is 0 Å². The number of nitrogens with one attached hydrogen (secondary N) is 1. The Kier molecular flexibility index (Phi) is 3.51. The first-order valence-electron chi connectivity index (χ1n) is 8.79. The van der Waals surface area contributed by atoms with Crippen molar-refractivity contribution in [3.8, 4) is 5.88 Å². The van der Waals surface area contributed by atoms with Crippen LogP contribution in [0.5, 0.6) is 5.88 Å². The average Bonchev–Trinajstić information content (AvgIpc) is 3.29. The number of thioether (sulfide) groups is 1. The highest BCUT2D eigenvalue weighted by molar-refractivity contribution is 8.01. The molecule has 130 valence electrons. The zero-order valence-corrected chi connectivity index (χ0v) is 14.7. The molecule has 1 unspecified atom stereocenters. The molecular weight excluding hydrogens is 336 g/mol. The number of nitrogens with zero attached hydrogens (tertiary/aromatic N) is 3. The van der Waals surface area contributed by atoms with Gasteiger partial charge in [-0.3, -0.25) is 9.89 Å². The molecule has 2 saturated heterocycles. The Morgan fingerprint density at radius 3 is 3.12 bits per heavy atom. The van der Waals surface area contributed by atoms with Crippen LogP contribution in [0.15, 0.2) is 24.4 Å². The number of hydrogen-bond donors (Lipinski definition) is 1. The summed E-state index contributed by atoms with van der Waals surface area (Å²) < 4.78 is 6.13. The SMILES string of the molecule is O=C(c1n[nH]c2c1CCC2)N1CC2(CC(Oc3ccccn3)CS2)C1. The zero-order chi connectivity index (χ0) is 16.9. The molecule has 1 N–H and O–H groups in total. The van der Waals surface area contributed by atoms with Crippen molar-refractivity contribution in [3.63, 3.8) is 0 Å². The van der Waals surface area contributed by atoms with E-state index in [1.54, 1.807) is 6.20 Å². The second-order valence-electron chi connectivity index (χ2n) is 7.15. The summed E-state index contributed by atoms with van der Waals surface area (Å²) in [4.78, 5) is 18.9. The highest BCUT2D eigenvalue weighted by Gasteiger charge is 2.52. The standard InChI is InChI=1S/C18H20N4O2S/c23-17(16-13-4-3-5-14(13)20-21-16)22-10-18(11-22)8-12(9-25-18)24-15-6-1-2-7-19-15/h1-2,6-7,12H,3-5,8-11H2,(H,20,21). The molecule has 1 atom stereocenters. The number of fused-ring (bicyclic) bond motifs is 1. The van der Waals surface area contributed by atoms with Gasteiger partial charge in [0.2, 0.25) is 5.88 Å². The van der Waals surface area contributed by atoms with Crippen molar-refractivity contribution in [1.82, 2.24) is 20.1 Å². The third-order valence-corrected chi connectivity index (χ3v) is 6.93. The second-order valence-corrected chi connectivity index (χ2v) is 8.64. The van der Waals surface area contributed by atoms with Crippen LogP contribution in [0.1, 0.15) is 34.6 Å². The highest BCUT2D eigenvalue weighted by Crippen LogP contribution is 2.46. The van der Waals surface area contributed by atoms with E-state index in [4.69, 9.17) is 4.74 Å². The van der Waals surface area contributed by atoms with E-state index in [1.165, 1.54) is 0 Å². The van der Waals surface area contributed by atoms with Gasteiger partial charge in [0.15, 0.2) is 5.69 Å². The number of aromatic amines is 1. The predicted octanol–water partition coefficient (Wildman–Crippen LogP) is 2.07. The number of pyridine rings is 1. The predicted molar refractivity (Wildman–Crippen MR) is 95.0 cm³/mol. The van der Waals surface area contributed by atoms with Crippen LogP contribution >= 0.6 is 11.8 Å². The number of amides is 1. The third kappa shape index (κ3) is 2.61. The minimum absolute atomic E-state index is 0.0831. The molecule has 2 fully saturated rings. The molecule has 1 amide bonds. The molecule has 2 aliphatic heterocycles. The maximum atomic E-state index is 12.8. The monoisotopic (exact) mass is 356 g/mol. The van der Waals surface area contributed by atoms with Gasteiger partial charge in [0.1, 0.15) is 6.10 Å². The van der Waals surface area contributed by atoms with E-state index in [9.17, 15) is 4.79 Å². The molecule has 0 radical (unpaired) electrons. The molecule has 0 saturated carbocycles. The van der Waals surface area contributed by atoms with Crippen LogP contribution in [0.25, 0.3) is 0 Å². The fourth-order valence-corrected chi connectivity index (χ4v) is 5.65. The first-order valence-corrected chi connectivity index (χ1v) is 9.78. The number of likely N-dealkylation sites (tertiary alicyclic amines) is 1. The molecule has 1 aliphatic carbocycles. The Balaban J connectivity index is 1.21. The summed E-state index contributed by atoms with van der Waals surface area (Å²) in [7, 11) is 0. The average molecular weight is 356 g/mol. The van der Waals surface area contributed by atoms with E-state index in [1.807, 2.05) is 34.9 Å². The number of H-pyrrole nitrogens is 1. The van der Waals surface area contributed by atoms with Crippen LogP contribution in [-0.2, 0) is 12.8 Å². The van der Waals surface area contributed by atoms with E-state index < -0.39 is 0 Å². The van der Waals surface area contributed by atoms with Gasteiger partial charge in [-0.2, -0.15) is 5.10 Å². The van der Waals surface area contributed by atoms with E-state index in [0.717, 1.165) is 55.8 Å². The lowest BCUT2D eigenvalue weighted by atomic mass is 9.92. The molecule has 7 heteroatoms. The van der Waals surface area contributed by atoms with Crippen molar-refractivity contribution >= 4 is 17.7 Å². The van der Waals surface area contributed by atoms with Gasteiger partial charge in [-0.05, 0) is 25.3 Å². The summed E-state index contributed by atoms with van der Waals surface area (Å²) in [5.41, 5.74) is 2.94. The highest BCUT2D eigenvalue weighted by atomic mass is 32.2. The quantitative estimate of drug-likeness (QED) is 0.912. The van der Waals surface area contributed by atoms with E-state index in [0.29, 0.717) is 11.6 Å². The molecule has 1 spiro atoms. The summed E-state index contributed by atoms with van der Waals surface area (Å²) >= 11 is 1.93. The van der Waals surface area contributed by atoms with E-state index in [-0.39, 0.29) is 16.8 Å². The number of ether oxygens (including phenoxy) is 1. The molecule has 4 heterocycles. The Hall–Kier alpha value is -2.02. The second kappa shape index (κ2) is 5.76. The summed E-state index contributed by atoms with van der Waals surface area (Å²) in [6.45, 7) is 1.58. The minimum atomic E-state index is 0.0831. The fourth-order valence-electron chi connectivity index (χ4n) is 4.13. The normalized spacial score (nSPS) is 23.5. The van der Waals surface area contributed by atoms with Gasteiger partial charge < -0.3 is 9.64 Å². The molecule has 6 nitrogen and oxygen atoms in total. The van der Waals surface area contributed by atoms with Crippen molar-refractivity contribution in [3.05, 3.63) is 41.3 Å². The van der Waals surface area contributed by atoms with Crippen molar-refractivity contribution in [2.24, 2.45) is 0 Å². The Morgan fingerprint density at radius 1 is 1.36 bits per heavy atom. The topological polar surface area (TPSA) is 71.1 Å². The number of hydrogen-bond acceptors (Lipinski definition) is 5. The largest absolute Gasteiger partial charge is 0.473 e.